The molecular weight excluding hydrogens is 420 g/mol. The molecule has 3 saturated heterocycles. The topological polar surface area (TPSA) is 91.7 Å². The Morgan fingerprint density at radius 1 is 1.24 bits per heavy atom. The molecule has 1 aromatic rings. The van der Waals surface area contributed by atoms with Crippen molar-refractivity contribution in [3.05, 3.63) is 18.2 Å². The van der Waals surface area contributed by atoms with Gasteiger partial charge in [-0.2, -0.15) is 4.99 Å². The van der Waals surface area contributed by atoms with Crippen LogP contribution in [0.15, 0.2) is 28.2 Å². The number of nitrogens with one attached hydrogen (secondary N) is 1. The summed E-state index contributed by atoms with van der Waals surface area (Å²) < 4.78 is 11.3. The first-order chi connectivity index (χ1) is 15.7. The molecule has 1 N–H and O–H groups in total. The number of carbonyl (C=O) groups excluding carboxylic acids is 1. The van der Waals surface area contributed by atoms with Gasteiger partial charge in [0.15, 0.2) is 0 Å². The number of hydrogen-bond acceptors (Lipinski definition) is 5. The monoisotopic (exact) mass is 456 g/mol. The van der Waals surface area contributed by atoms with Crippen molar-refractivity contribution in [2.24, 2.45) is 21.3 Å². The van der Waals surface area contributed by atoms with E-state index in [1.807, 2.05) is 25.1 Å². The van der Waals surface area contributed by atoms with Gasteiger partial charge in [-0.25, -0.2) is 9.78 Å². The number of amides is 1. The highest BCUT2D eigenvalue weighted by atomic mass is 16.6. The van der Waals surface area contributed by atoms with Gasteiger partial charge in [0.25, 0.3) is 0 Å². The second kappa shape index (κ2) is 8.93. The number of nitrogens with zero attached hydrogens (tertiary/aromatic N) is 5. The summed E-state index contributed by atoms with van der Waals surface area (Å²) in [6, 6.07) is 6.10. The van der Waals surface area contributed by atoms with Crippen LogP contribution in [-0.4, -0.2) is 67.4 Å². The van der Waals surface area contributed by atoms with Crippen LogP contribution in [0.4, 0.5) is 16.4 Å². The van der Waals surface area contributed by atoms with E-state index in [9.17, 15) is 4.79 Å². The lowest BCUT2D eigenvalue weighted by Gasteiger charge is -2.42. The second-order valence-electron chi connectivity index (χ2n) is 9.94. The van der Waals surface area contributed by atoms with Gasteiger partial charge in [-0.1, -0.05) is 19.9 Å². The summed E-state index contributed by atoms with van der Waals surface area (Å²) in [5.74, 6) is 3.00. The molecule has 4 heterocycles. The van der Waals surface area contributed by atoms with E-state index in [1.54, 1.807) is 11.9 Å². The largest absolute Gasteiger partial charge is 0.447 e. The molecule has 1 aromatic heterocycles. The van der Waals surface area contributed by atoms with Crippen molar-refractivity contribution in [1.29, 1.82) is 0 Å². The highest BCUT2D eigenvalue weighted by Crippen LogP contribution is 2.49. The standard InChI is InChI=1S/C24H36N6O3/c1-14(2)26-22(25-7)28-21-17(5)24(6)13-33-16(4)11-18(24)30(21)20-10-8-9-19(27-20)29-15(3)12-32-23(29)31/h8-10,14-18H,11-13H2,1-7H3,(H,25,26)/b28-21+/t15-,16?,17?,18+,24?/m0/s1. The van der Waals surface area contributed by atoms with E-state index >= 15 is 0 Å². The molecule has 3 aliphatic rings. The van der Waals surface area contributed by atoms with Crippen molar-refractivity contribution in [1.82, 2.24) is 10.3 Å². The number of cyclic esters (lactones) is 1. The Morgan fingerprint density at radius 3 is 2.55 bits per heavy atom. The van der Waals surface area contributed by atoms with Crippen molar-refractivity contribution in [2.45, 2.75) is 72.2 Å². The lowest BCUT2D eigenvalue weighted by Crippen LogP contribution is -2.49. The minimum atomic E-state index is -0.359. The van der Waals surface area contributed by atoms with Gasteiger partial charge in [-0.15, -0.1) is 0 Å². The summed E-state index contributed by atoms with van der Waals surface area (Å²) in [7, 11) is 1.75. The minimum Gasteiger partial charge on any atom is -0.447 e. The zero-order chi connectivity index (χ0) is 23.9. The molecule has 3 fully saturated rings. The first-order valence-corrected chi connectivity index (χ1v) is 11.8. The molecule has 0 radical (unpaired) electrons. The molecule has 0 spiro atoms. The predicted octanol–water partition coefficient (Wildman–Crippen LogP) is 3.45. The van der Waals surface area contributed by atoms with Crippen LogP contribution in [0.25, 0.3) is 0 Å². The fraction of sp³-hybridized carbons (Fsp3) is 0.667. The number of aliphatic imine (C=N–C) groups is 2. The van der Waals surface area contributed by atoms with Gasteiger partial charge in [-0.05, 0) is 46.2 Å². The van der Waals surface area contributed by atoms with Crippen LogP contribution in [0, 0.1) is 11.3 Å². The lowest BCUT2D eigenvalue weighted by molar-refractivity contribution is -0.0611. The molecule has 0 aromatic carbocycles. The molecule has 4 rings (SSSR count). The molecule has 180 valence electrons. The Kier molecular flexibility index (Phi) is 6.35. The Hall–Kier alpha value is -2.68. The highest BCUT2D eigenvalue weighted by molar-refractivity contribution is 6.08. The lowest BCUT2D eigenvalue weighted by atomic mass is 9.73. The quantitative estimate of drug-likeness (QED) is 0.553. The first-order valence-electron chi connectivity index (χ1n) is 11.8. The maximum Gasteiger partial charge on any atom is 0.415 e. The second-order valence-corrected chi connectivity index (χ2v) is 9.94. The van der Waals surface area contributed by atoms with Gasteiger partial charge in [0.05, 0.1) is 18.8 Å². The number of rotatable bonds is 3. The van der Waals surface area contributed by atoms with Gasteiger partial charge >= 0.3 is 6.09 Å². The average molecular weight is 457 g/mol. The number of amidine groups is 1. The molecule has 3 unspecified atom stereocenters. The normalized spacial score (nSPS) is 33.6. The zero-order valence-corrected chi connectivity index (χ0v) is 20.7. The fourth-order valence-corrected chi connectivity index (χ4v) is 5.00. The Labute approximate surface area is 196 Å². The van der Waals surface area contributed by atoms with Crippen LogP contribution in [0.2, 0.25) is 0 Å². The number of carbonyl (C=O) groups is 1. The third-order valence-electron chi connectivity index (χ3n) is 7.08. The summed E-state index contributed by atoms with van der Waals surface area (Å²) in [4.78, 5) is 30.5. The SMILES string of the molecule is CN=C(/N=C1\C(C)C2(C)COC(C)C[C@H]2N1c1cccc(N2C(=O)OC[C@@H]2C)n1)NC(C)C. The number of aromatic nitrogens is 1. The number of guanidine groups is 1. The molecule has 9 nitrogen and oxygen atoms in total. The van der Waals surface area contributed by atoms with Crippen molar-refractivity contribution >= 4 is 29.5 Å². The molecule has 33 heavy (non-hydrogen) atoms. The van der Waals surface area contributed by atoms with Crippen LogP contribution >= 0.6 is 0 Å². The summed E-state index contributed by atoms with van der Waals surface area (Å²) in [6.07, 6.45) is 0.647. The van der Waals surface area contributed by atoms with E-state index in [1.165, 1.54) is 0 Å². The minimum absolute atomic E-state index is 0.0617. The number of anilines is 2. The van der Waals surface area contributed by atoms with E-state index < -0.39 is 0 Å². The number of fused-ring (bicyclic) bond motifs is 1. The summed E-state index contributed by atoms with van der Waals surface area (Å²) in [5, 5.41) is 3.33. The summed E-state index contributed by atoms with van der Waals surface area (Å²) in [5.41, 5.74) is -0.125. The molecule has 0 bridgehead atoms. The Balaban J connectivity index is 1.80. The molecule has 9 heteroatoms. The van der Waals surface area contributed by atoms with Gasteiger partial charge in [0.2, 0.25) is 5.96 Å². The molecule has 3 aliphatic heterocycles. The molecule has 1 amide bonds. The van der Waals surface area contributed by atoms with E-state index in [-0.39, 0.29) is 41.7 Å². The third-order valence-corrected chi connectivity index (χ3v) is 7.08. The smallest absolute Gasteiger partial charge is 0.415 e. The van der Waals surface area contributed by atoms with Gasteiger partial charge in [0.1, 0.15) is 24.1 Å². The Bertz CT molecular complexity index is 963. The van der Waals surface area contributed by atoms with Gasteiger partial charge in [0, 0.05) is 30.5 Å². The average Bonchev–Trinajstić information content (AvgIpc) is 3.21. The van der Waals surface area contributed by atoms with Crippen LogP contribution in [0.5, 0.6) is 0 Å². The maximum atomic E-state index is 12.3. The van der Waals surface area contributed by atoms with Crippen LogP contribution < -0.4 is 15.1 Å². The Morgan fingerprint density at radius 2 is 1.94 bits per heavy atom. The van der Waals surface area contributed by atoms with Crippen LogP contribution in [0.1, 0.15) is 48.0 Å². The molecule has 0 saturated carbocycles. The van der Waals surface area contributed by atoms with E-state index in [0.717, 1.165) is 18.1 Å². The molecule has 5 atom stereocenters. The first kappa shape index (κ1) is 23.5. The van der Waals surface area contributed by atoms with Crippen molar-refractivity contribution in [3.8, 4) is 0 Å². The van der Waals surface area contributed by atoms with Crippen molar-refractivity contribution in [3.63, 3.8) is 0 Å². The van der Waals surface area contributed by atoms with Gasteiger partial charge < -0.3 is 19.7 Å². The van der Waals surface area contributed by atoms with E-state index in [4.69, 9.17) is 19.5 Å². The molecular formula is C24H36N6O3. The number of pyridine rings is 1. The molecule has 0 aliphatic carbocycles. The summed E-state index contributed by atoms with van der Waals surface area (Å²) in [6.45, 7) is 13.7. The zero-order valence-electron chi connectivity index (χ0n) is 20.7. The van der Waals surface area contributed by atoms with Crippen LogP contribution in [0.3, 0.4) is 0 Å². The highest BCUT2D eigenvalue weighted by Gasteiger charge is 2.56. The van der Waals surface area contributed by atoms with Gasteiger partial charge in [-0.3, -0.25) is 9.89 Å². The summed E-state index contributed by atoms with van der Waals surface area (Å²) >= 11 is 0. The predicted molar refractivity (Wildman–Crippen MR) is 130 cm³/mol. The van der Waals surface area contributed by atoms with Crippen molar-refractivity contribution in [2.75, 3.05) is 30.1 Å². The fourth-order valence-electron chi connectivity index (χ4n) is 5.00. The van der Waals surface area contributed by atoms with Crippen molar-refractivity contribution < 1.29 is 14.3 Å². The third kappa shape index (κ3) is 4.18. The van der Waals surface area contributed by atoms with E-state index in [2.05, 4.69) is 49.8 Å². The van der Waals surface area contributed by atoms with E-state index in [0.29, 0.717) is 25.0 Å². The maximum absolute atomic E-state index is 12.3. The number of ether oxygens (including phenoxy) is 2. The number of hydrogen-bond donors (Lipinski definition) is 1. The van der Waals surface area contributed by atoms with Crippen LogP contribution in [-0.2, 0) is 9.47 Å².